The Kier molecular flexibility index (Phi) is 6.75. The Bertz CT molecular complexity index is 659. The third-order valence-electron chi connectivity index (χ3n) is 3.59. The molecule has 4 nitrogen and oxygen atoms in total. The van der Waals surface area contributed by atoms with Crippen LogP contribution in [0.15, 0.2) is 48.5 Å². The molecule has 128 valence electrons. The highest BCUT2D eigenvalue weighted by Gasteiger charge is 2.07. The first-order valence-electron chi connectivity index (χ1n) is 7.92. The van der Waals surface area contributed by atoms with E-state index in [1.807, 2.05) is 43.1 Å². The predicted molar refractivity (Wildman–Crippen MR) is 92.4 cm³/mol. The molecule has 1 N–H and O–H groups in total. The molecule has 0 spiro atoms. The van der Waals surface area contributed by atoms with Crippen LogP contribution >= 0.6 is 0 Å². The van der Waals surface area contributed by atoms with Gasteiger partial charge in [0.2, 0.25) is 5.91 Å². The van der Waals surface area contributed by atoms with Gasteiger partial charge in [-0.1, -0.05) is 42.0 Å². The number of hydrogen-bond acceptors (Lipinski definition) is 3. The van der Waals surface area contributed by atoms with Crippen molar-refractivity contribution >= 4 is 5.91 Å². The lowest BCUT2D eigenvalue weighted by Crippen LogP contribution is -2.36. The lowest BCUT2D eigenvalue weighted by atomic mass is 10.1. The molecule has 0 bridgehead atoms. The number of carbonyl (C=O) groups is 1. The number of aryl methyl sites for hydroxylation is 1. The summed E-state index contributed by atoms with van der Waals surface area (Å²) in [7, 11) is 1.83. The highest BCUT2D eigenvalue weighted by atomic mass is 19.1. The summed E-state index contributed by atoms with van der Waals surface area (Å²) in [6.07, 6.45) is 0. The number of carbonyl (C=O) groups excluding carboxylic acids is 1. The van der Waals surface area contributed by atoms with E-state index in [-0.39, 0.29) is 24.0 Å². The first-order chi connectivity index (χ1) is 11.5. The number of para-hydroxylation sites is 1. The van der Waals surface area contributed by atoms with E-state index >= 15 is 0 Å². The van der Waals surface area contributed by atoms with Crippen LogP contribution in [0.4, 0.5) is 4.39 Å². The molecule has 2 rings (SSSR count). The maximum absolute atomic E-state index is 13.4. The van der Waals surface area contributed by atoms with Crippen molar-refractivity contribution < 1.29 is 13.9 Å². The number of likely N-dealkylation sites (N-methyl/N-ethyl adjacent to an activating group) is 1. The molecule has 0 aliphatic heterocycles. The van der Waals surface area contributed by atoms with E-state index in [1.165, 1.54) is 11.6 Å². The molecule has 24 heavy (non-hydrogen) atoms. The largest absolute Gasteiger partial charge is 0.489 e. The second kappa shape index (κ2) is 9.03. The van der Waals surface area contributed by atoms with Crippen LogP contribution in [0.25, 0.3) is 0 Å². The Balaban J connectivity index is 1.66. The van der Waals surface area contributed by atoms with E-state index in [0.717, 1.165) is 5.56 Å². The number of nitrogens with zero attached hydrogens (tertiary/aromatic N) is 1. The number of ether oxygens (including phenoxy) is 1. The van der Waals surface area contributed by atoms with Crippen molar-refractivity contribution in [3.8, 4) is 5.75 Å². The van der Waals surface area contributed by atoms with Crippen LogP contribution in [0.2, 0.25) is 0 Å². The summed E-state index contributed by atoms with van der Waals surface area (Å²) in [6, 6.07) is 14.3. The minimum Gasteiger partial charge on any atom is -0.489 e. The number of amides is 1. The first-order valence-corrected chi connectivity index (χ1v) is 7.92. The molecule has 0 unspecified atom stereocenters. The van der Waals surface area contributed by atoms with E-state index in [0.29, 0.717) is 19.7 Å². The number of halogens is 1. The number of benzene rings is 2. The second-order valence-electron chi connectivity index (χ2n) is 5.78. The highest BCUT2D eigenvalue weighted by molar-refractivity contribution is 5.77. The Labute approximate surface area is 142 Å². The van der Waals surface area contributed by atoms with Crippen molar-refractivity contribution in [2.24, 2.45) is 0 Å². The molecule has 2 aromatic rings. The number of hydrogen-bond donors (Lipinski definition) is 1. The normalized spacial score (nSPS) is 10.7. The van der Waals surface area contributed by atoms with Crippen molar-refractivity contribution in [2.75, 3.05) is 26.7 Å². The summed E-state index contributed by atoms with van der Waals surface area (Å²) in [5.74, 6) is -0.199. The smallest absolute Gasteiger partial charge is 0.234 e. The van der Waals surface area contributed by atoms with Gasteiger partial charge in [-0.25, -0.2) is 4.39 Å². The number of nitrogens with one attached hydrogen (secondary N) is 1. The molecular formula is C19H23FN2O2. The van der Waals surface area contributed by atoms with Gasteiger partial charge in [-0.15, -0.1) is 0 Å². The van der Waals surface area contributed by atoms with Crippen molar-refractivity contribution in [2.45, 2.75) is 13.5 Å². The van der Waals surface area contributed by atoms with Crippen molar-refractivity contribution in [1.82, 2.24) is 10.2 Å². The van der Waals surface area contributed by atoms with Gasteiger partial charge in [0.05, 0.1) is 6.54 Å². The Hall–Kier alpha value is -2.40. The van der Waals surface area contributed by atoms with Gasteiger partial charge in [-0.2, -0.15) is 0 Å². The highest BCUT2D eigenvalue weighted by Crippen LogP contribution is 2.14. The Morgan fingerprint density at radius 2 is 1.88 bits per heavy atom. The van der Waals surface area contributed by atoms with Crippen molar-refractivity contribution in [1.29, 1.82) is 0 Å². The van der Waals surface area contributed by atoms with Gasteiger partial charge in [-0.05, 0) is 31.7 Å². The fourth-order valence-corrected chi connectivity index (χ4v) is 2.16. The lowest BCUT2D eigenvalue weighted by Gasteiger charge is -2.17. The zero-order valence-corrected chi connectivity index (χ0v) is 14.1. The van der Waals surface area contributed by atoms with E-state index in [4.69, 9.17) is 4.74 Å². The van der Waals surface area contributed by atoms with Gasteiger partial charge in [0.1, 0.15) is 6.61 Å². The Morgan fingerprint density at radius 3 is 2.58 bits per heavy atom. The van der Waals surface area contributed by atoms with Crippen molar-refractivity contribution in [3.05, 3.63) is 65.5 Å². The van der Waals surface area contributed by atoms with Gasteiger partial charge >= 0.3 is 0 Å². The lowest BCUT2D eigenvalue weighted by molar-refractivity contribution is -0.122. The summed E-state index contributed by atoms with van der Waals surface area (Å²) in [4.78, 5) is 13.8. The van der Waals surface area contributed by atoms with Crippen LogP contribution in [0.5, 0.6) is 5.75 Å². The summed E-state index contributed by atoms with van der Waals surface area (Å²) in [6.45, 7) is 3.67. The van der Waals surface area contributed by atoms with E-state index in [2.05, 4.69) is 5.32 Å². The third-order valence-corrected chi connectivity index (χ3v) is 3.59. The number of rotatable bonds is 8. The average Bonchev–Trinajstić information content (AvgIpc) is 2.56. The van der Waals surface area contributed by atoms with E-state index in [9.17, 15) is 9.18 Å². The fourth-order valence-electron chi connectivity index (χ4n) is 2.16. The summed E-state index contributed by atoms with van der Waals surface area (Å²) >= 11 is 0. The predicted octanol–water partition coefficient (Wildman–Crippen LogP) is 2.76. The van der Waals surface area contributed by atoms with Crippen LogP contribution in [-0.4, -0.2) is 37.6 Å². The molecule has 5 heteroatoms. The molecule has 0 aliphatic carbocycles. The van der Waals surface area contributed by atoms with Crippen LogP contribution in [0.1, 0.15) is 11.1 Å². The van der Waals surface area contributed by atoms with Crippen LogP contribution in [-0.2, 0) is 11.3 Å². The molecule has 2 aromatic carbocycles. The molecule has 1 amide bonds. The van der Waals surface area contributed by atoms with Crippen LogP contribution in [0.3, 0.4) is 0 Å². The summed E-state index contributed by atoms with van der Waals surface area (Å²) in [5.41, 5.74) is 2.26. The SMILES string of the molecule is Cc1ccc(CNC(=O)CN(C)CCOc2ccccc2F)cc1. The quantitative estimate of drug-likeness (QED) is 0.809. The molecular weight excluding hydrogens is 307 g/mol. The van der Waals surface area contributed by atoms with E-state index < -0.39 is 0 Å². The van der Waals surface area contributed by atoms with Gasteiger partial charge in [0.15, 0.2) is 11.6 Å². The maximum atomic E-state index is 13.4. The molecule has 0 saturated carbocycles. The molecule has 0 fully saturated rings. The maximum Gasteiger partial charge on any atom is 0.234 e. The summed E-state index contributed by atoms with van der Waals surface area (Å²) in [5, 5.41) is 2.89. The minimum absolute atomic E-state index is 0.0519. The topological polar surface area (TPSA) is 41.6 Å². The third kappa shape index (κ3) is 6.01. The standard InChI is InChI=1S/C19H23FN2O2/c1-15-7-9-16(10-8-15)13-21-19(23)14-22(2)11-12-24-18-6-4-3-5-17(18)20/h3-10H,11-14H2,1-2H3,(H,21,23). The molecule has 0 aliphatic rings. The van der Waals surface area contributed by atoms with Crippen LogP contribution < -0.4 is 10.1 Å². The monoisotopic (exact) mass is 330 g/mol. The minimum atomic E-state index is -0.379. The molecule has 0 aromatic heterocycles. The fraction of sp³-hybridized carbons (Fsp3) is 0.316. The zero-order valence-electron chi connectivity index (χ0n) is 14.1. The first kappa shape index (κ1) is 17.9. The van der Waals surface area contributed by atoms with Gasteiger partial charge in [0.25, 0.3) is 0 Å². The molecule has 0 radical (unpaired) electrons. The van der Waals surface area contributed by atoms with Crippen LogP contribution in [0, 0.1) is 12.7 Å². The second-order valence-corrected chi connectivity index (χ2v) is 5.78. The molecule has 0 atom stereocenters. The van der Waals surface area contributed by atoms with Crippen molar-refractivity contribution in [3.63, 3.8) is 0 Å². The zero-order chi connectivity index (χ0) is 17.4. The summed E-state index contributed by atoms with van der Waals surface area (Å²) < 4.78 is 18.8. The van der Waals surface area contributed by atoms with Gasteiger partial charge < -0.3 is 10.1 Å². The molecule has 0 heterocycles. The van der Waals surface area contributed by atoms with E-state index in [1.54, 1.807) is 18.2 Å². The Morgan fingerprint density at radius 1 is 1.17 bits per heavy atom. The molecule has 0 saturated heterocycles. The average molecular weight is 330 g/mol. The van der Waals surface area contributed by atoms with Gasteiger partial charge in [-0.3, -0.25) is 9.69 Å². The van der Waals surface area contributed by atoms with Gasteiger partial charge in [0, 0.05) is 13.1 Å².